The molecule has 0 aromatic heterocycles. The number of nitrogens with one attached hydrogen (secondary N) is 2. The summed E-state index contributed by atoms with van der Waals surface area (Å²) in [5.41, 5.74) is -0.391. The largest absolute Gasteiger partial charge is 0.389 e. The molecule has 1 unspecified atom stereocenters. The molecule has 1 aliphatic heterocycles. The van der Waals surface area contributed by atoms with E-state index in [-0.39, 0.29) is 0 Å². The Morgan fingerprint density at radius 2 is 2.07 bits per heavy atom. The third-order valence-electron chi connectivity index (χ3n) is 3.55. The first kappa shape index (κ1) is 10.4. The SMILES string of the molecule is OC1(CNC2CCCNC2)CCCC1. The van der Waals surface area contributed by atoms with Crippen molar-refractivity contribution in [3.8, 4) is 0 Å². The number of rotatable bonds is 3. The van der Waals surface area contributed by atoms with Gasteiger partial charge in [0, 0.05) is 19.1 Å². The predicted molar refractivity (Wildman–Crippen MR) is 57.3 cm³/mol. The molecule has 2 rings (SSSR count). The van der Waals surface area contributed by atoms with E-state index in [9.17, 15) is 5.11 Å². The molecule has 1 saturated carbocycles. The van der Waals surface area contributed by atoms with E-state index in [1.54, 1.807) is 0 Å². The third-order valence-corrected chi connectivity index (χ3v) is 3.55. The van der Waals surface area contributed by atoms with Gasteiger partial charge in [-0.05, 0) is 32.2 Å². The minimum Gasteiger partial charge on any atom is -0.389 e. The standard InChI is InChI=1S/C11H22N2O/c14-11(5-1-2-6-11)9-13-10-4-3-7-12-8-10/h10,12-14H,1-9H2. The lowest BCUT2D eigenvalue weighted by Gasteiger charge is -2.29. The van der Waals surface area contributed by atoms with Crippen LogP contribution in [0.3, 0.4) is 0 Å². The van der Waals surface area contributed by atoms with Gasteiger partial charge in [-0.1, -0.05) is 12.8 Å². The fraction of sp³-hybridized carbons (Fsp3) is 1.00. The molecular weight excluding hydrogens is 176 g/mol. The lowest BCUT2D eigenvalue weighted by molar-refractivity contribution is 0.0439. The lowest BCUT2D eigenvalue weighted by Crippen LogP contribution is -2.48. The van der Waals surface area contributed by atoms with Crippen molar-refractivity contribution >= 4 is 0 Å². The first-order valence-electron chi connectivity index (χ1n) is 5.95. The van der Waals surface area contributed by atoms with Crippen LogP contribution in [0.2, 0.25) is 0 Å². The van der Waals surface area contributed by atoms with Gasteiger partial charge in [0.1, 0.15) is 0 Å². The maximum Gasteiger partial charge on any atom is 0.0771 e. The second-order valence-electron chi connectivity index (χ2n) is 4.86. The molecule has 82 valence electrons. The molecule has 0 aromatic carbocycles. The number of aliphatic hydroxyl groups is 1. The fourth-order valence-corrected chi connectivity index (χ4v) is 2.57. The second-order valence-corrected chi connectivity index (χ2v) is 4.86. The normalized spacial score (nSPS) is 31.9. The molecule has 3 nitrogen and oxygen atoms in total. The van der Waals surface area contributed by atoms with Crippen LogP contribution in [0.5, 0.6) is 0 Å². The Bertz CT molecular complexity index is 172. The van der Waals surface area contributed by atoms with Gasteiger partial charge in [-0.2, -0.15) is 0 Å². The minimum absolute atomic E-state index is 0.391. The van der Waals surface area contributed by atoms with Gasteiger partial charge in [0.2, 0.25) is 0 Å². The fourth-order valence-electron chi connectivity index (χ4n) is 2.57. The summed E-state index contributed by atoms with van der Waals surface area (Å²) in [5.74, 6) is 0. The molecule has 3 N–H and O–H groups in total. The third kappa shape index (κ3) is 2.69. The number of piperidine rings is 1. The van der Waals surface area contributed by atoms with Crippen LogP contribution in [0.4, 0.5) is 0 Å². The van der Waals surface area contributed by atoms with Gasteiger partial charge in [0.15, 0.2) is 0 Å². The monoisotopic (exact) mass is 198 g/mol. The summed E-state index contributed by atoms with van der Waals surface area (Å²) in [4.78, 5) is 0. The summed E-state index contributed by atoms with van der Waals surface area (Å²) in [5, 5.41) is 17.0. The van der Waals surface area contributed by atoms with E-state index in [1.807, 2.05) is 0 Å². The molecule has 0 spiro atoms. The quantitative estimate of drug-likeness (QED) is 0.623. The van der Waals surface area contributed by atoms with E-state index in [0.717, 1.165) is 32.5 Å². The van der Waals surface area contributed by atoms with Gasteiger partial charge in [0.25, 0.3) is 0 Å². The molecule has 0 radical (unpaired) electrons. The van der Waals surface area contributed by atoms with Gasteiger partial charge in [-0.3, -0.25) is 0 Å². The summed E-state index contributed by atoms with van der Waals surface area (Å²) in [6.07, 6.45) is 6.88. The number of hydrogen-bond acceptors (Lipinski definition) is 3. The number of hydrogen-bond donors (Lipinski definition) is 3. The van der Waals surface area contributed by atoms with Crippen molar-refractivity contribution in [3.05, 3.63) is 0 Å². The predicted octanol–water partition coefficient (Wildman–Crippen LogP) is 0.633. The first-order chi connectivity index (χ1) is 6.79. The molecule has 1 atom stereocenters. The van der Waals surface area contributed by atoms with Crippen molar-refractivity contribution in [2.24, 2.45) is 0 Å². The van der Waals surface area contributed by atoms with Crippen LogP contribution in [-0.4, -0.2) is 36.4 Å². The van der Waals surface area contributed by atoms with Crippen molar-refractivity contribution in [1.29, 1.82) is 0 Å². The van der Waals surface area contributed by atoms with Crippen LogP contribution in [0.15, 0.2) is 0 Å². The highest BCUT2D eigenvalue weighted by molar-refractivity contribution is 4.88. The summed E-state index contributed by atoms with van der Waals surface area (Å²) in [6.45, 7) is 3.01. The van der Waals surface area contributed by atoms with Crippen LogP contribution < -0.4 is 10.6 Å². The second kappa shape index (κ2) is 4.60. The Morgan fingerprint density at radius 3 is 2.71 bits per heavy atom. The maximum atomic E-state index is 10.1. The highest BCUT2D eigenvalue weighted by Crippen LogP contribution is 2.28. The molecule has 3 heteroatoms. The summed E-state index contributed by atoms with van der Waals surface area (Å²) < 4.78 is 0. The molecule has 0 aromatic rings. The summed E-state index contributed by atoms with van der Waals surface area (Å²) in [7, 11) is 0. The van der Waals surface area contributed by atoms with Gasteiger partial charge in [0.05, 0.1) is 5.60 Å². The van der Waals surface area contributed by atoms with Crippen molar-refractivity contribution in [3.63, 3.8) is 0 Å². The van der Waals surface area contributed by atoms with Crippen molar-refractivity contribution in [2.45, 2.75) is 50.2 Å². The zero-order chi connectivity index (χ0) is 9.86. The summed E-state index contributed by atoms with van der Waals surface area (Å²) in [6, 6.07) is 0.577. The smallest absolute Gasteiger partial charge is 0.0771 e. The van der Waals surface area contributed by atoms with Crippen molar-refractivity contribution in [1.82, 2.24) is 10.6 Å². The molecule has 0 bridgehead atoms. The average Bonchev–Trinajstić information content (AvgIpc) is 2.65. The molecule has 14 heavy (non-hydrogen) atoms. The Kier molecular flexibility index (Phi) is 3.42. The minimum atomic E-state index is -0.391. The van der Waals surface area contributed by atoms with Crippen molar-refractivity contribution in [2.75, 3.05) is 19.6 Å². The van der Waals surface area contributed by atoms with Crippen molar-refractivity contribution < 1.29 is 5.11 Å². The van der Waals surface area contributed by atoms with Gasteiger partial charge < -0.3 is 15.7 Å². The first-order valence-corrected chi connectivity index (χ1v) is 5.95. The van der Waals surface area contributed by atoms with E-state index in [2.05, 4.69) is 10.6 Å². The Labute approximate surface area is 86.3 Å². The highest BCUT2D eigenvalue weighted by atomic mass is 16.3. The molecule has 0 amide bonds. The van der Waals surface area contributed by atoms with E-state index in [0.29, 0.717) is 6.04 Å². The van der Waals surface area contributed by atoms with Crippen LogP contribution in [-0.2, 0) is 0 Å². The van der Waals surface area contributed by atoms with E-state index >= 15 is 0 Å². The van der Waals surface area contributed by atoms with E-state index in [4.69, 9.17) is 0 Å². The topological polar surface area (TPSA) is 44.3 Å². The van der Waals surface area contributed by atoms with Gasteiger partial charge in [-0.15, -0.1) is 0 Å². The van der Waals surface area contributed by atoms with Gasteiger partial charge >= 0.3 is 0 Å². The van der Waals surface area contributed by atoms with E-state index in [1.165, 1.54) is 25.7 Å². The molecule has 2 aliphatic rings. The molecule has 2 fully saturated rings. The van der Waals surface area contributed by atoms with Crippen LogP contribution in [0.25, 0.3) is 0 Å². The zero-order valence-corrected chi connectivity index (χ0v) is 8.89. The lowest BCUT2D eigenvalue weighted by atomic mass is 10.0. The molecular formula is C11H22N2O. The zero-order valence-electron chi connectivity index (χ0n) is 8.89. The Morgan fingerprint density at radius 1 is 1.29 bits per heavy atom. The van der Waals surface area contributed by atoms with Crippen LogP contribution >= 0.6 is 0 Å². The molecule has 1 aliphatic carbocycles. The van der Waals surface area contributed by atoms with Gasteiger partial charge in [-0.25, -0.2) is 0 Å². The maximum absolute atomic E-state index is 10.1. The Balaban J connectivity index is 1.70. The molecule has 1 heterocycles. The Hall–Kier alpha value is -0.120. The average molecular weight is 198 g/mol. The van der Waals surface area contributed by atoms with Crippen LogP contribution in [0.1, 0.15) is 38.5 Å². The molecule has 1 saturated heterocycles. The highest BCUT2D eigenvalue weighted by Gasteiger charge is 2.31. The van der Waals surface area contributed by atoms with E-state index < -0.39 is 5.60 Å². The summed E-state index contributed by atoms with van der Waals surface area (Å²) >= 11 is 0. The van der Waals surface area contributed by atoms with Crippen LogP contribution in [0, 0.1) is 0 Å².